The fraction of sp³-hybridized carbons (Fsp3) is 0.167. The topological polar surface area (TPSA) is 93.7 Å². The zero-order valence-electron chi connectivity index (χ0n) is 14.8. The molecule has 27 heavy (non-hydrogen) atoms. The number of methoxy groups -OCH3 is 2. The summed E-state index contributed by atoms with van der Waals surface area (Å²) in [5, 5.41) is 2.99. The maximum absolute atomic E-state index is 12.5. The van der Waals surface area contributed by atoms with E-state index in [0.717, 1.165) is 0 Å². The predicted octanol–water partition coefficient (Wildman–Crippen LogP) is 3.07. The Morgan fingerprint density at radius 1 is 1.15 bits per heavy atom. The van der Waals surface area contributed by atoms with Gasteiger partial charge in [0.15, 0.2) is 0 Å². The van der Waals surface area contributed by atoms with E-state index in [9.17, 15) is 13.2 Å². The highest BCUT2D eigenvalue weighted by Crippen LogP contribution is 2.36. The van der Waals surface area contributed by atoms with Crippen LogP contribution in [0, 0.1) is 0 Å². The standard InChI is InChI=1S/C18H19ClN2O5S/c1-4-9-20-27(23,24)13-7-5-12(6-8-13)18(22)21-15-10-14(19)16(25-2)11-17(15)26-3/h4-8,10-11,20H,1,9H2,2-3H3,(H,21,22). The number of anilines is 1. The molecule has 144 valence electrons. The lowest BCUT2D eigenvalue weighted by molar-refractivity contribution is 0.102. The monoisotopic (exact) mass is 410 g/mol. The molecule has 7 nitrogen and oxygen atoms in total. The third-order valence-corrected chi connectivity index (χ3v) is 5.30. The van der Waals surface area contributed by atoms with E-state index in [1.807, 2.05) is 0 Å². The summed E-state index contributed by atoms with van der Waals surface area (Å²) < 4.78 is 36.8. The van der Waals surface area contributed by atoms with Gasteiger partial charge in [0.1, 0.15) is 11.5 Å². The Labute approximate surface area is 163 Å². The molecule has 2 aromatic rings. The number of hydrogen-bond acceptors (Lipinski definition) is 5. The van der Waals surface area contributed by atoms with Crippen LogP contribution < -0.4 is 19.5 Å². The van der Waals surface area contributed by atoms with Crippen LogP contribution in [0.25, 0.3) is 0 Å². The molecule has 0 radical (unpaired) electrons. The highest BCUT2D eigenvalue weighted by molar-refractivity contribution is 7.89. The minimum absolute atomic E-state index is 0.0472. The molecule has 0 unspecified atom stereocenters. The van der Waals surface area contributed by atoms with Crippen LogP contribution >= 0.6 is 11.6 Å². The minimum Gasteiger partial charge on any atom is -0.495 e. The van der Waals surface area contributed by atoms with Gasteiger partial charge in [-0.05, 0) is 30.3 Å². The van der Waals surface area contributed by atoms with Gasteiger partial charge < -0.3 is 14.8 Å². The largest absolute Gasteiger partial charge is 0.495 e. The predicted molar refractivity (Wildman–Crippen MR) is 104 cm³/mol. The third-order valence-electron chi connectivity index (χ3n) is 3.57. The van der Waals surface area contributed by atoms with E-state index >= 15 is 0 Å². The Morgan fingerprint density at radius 2 is 1.78 bits per heavy atom. The molecule has 2 aromatic carbocycles. The van der Waals surface area contributed by atoms with Crippen molar-refractivity contribution < 1.29 is 22.7 Å². The summed E-state index contributed by atoms with van der Waals surface area (Å²) >= 11 is 6.09. The molecule has 0 saturated heterocycles. The summed E-state index contributed by atoms with van der Waals surface area (Å²) in [6.45, 7) is 3.57. The van der Waals surface area contributed by atoms with E-state index in [0.29, 0.717) is 22.2 Å². The lowest BCUT2D eigenvalue weighted by atomic mass is 10.2. The van der Waals surface area contributed by atoms with Crippen LogP contribution in [-0.4, -0.2) is 35.1 Å². The van der Waals surface area contributed by atoms with Crippen LogP contribution in [0.5, 0.6) is 11.5 Å². The number of ether oxygens (including phenoxy) is 2. The number of hydrogen-bond donors (Lipinski definition) is 2. The summed E-state index contributed by atoms with van der Waals surface area (Å²) in [7, 11) is -0.729. The molecule has 0 heterocycles. The van der Waals surface area contributed by atoms with Gasteiger partial charge in [-0.15, -0.1) is 6.58 Å². The van der Waals surface area contributed by atoms with Gasteiger partial charge in [0.25, 0.3) is 5.91 Å². The van der Waals surface area contributed by atoms with E-state index in [4.69, 9.17) is 21.1 Å². The maximum Gasteiger partial charge on any atom is 0.255 e. The summed E-state index contributed by atoms with van der Waals surface area (Å²) in [4.78, 5) is 12.5. The van der Waals surface area contributed by atoms with Crippen LogP contribution in [-0.2, 0) is 10.0 Å². The highest BCUT2D eigenvalue weighted by atomic mass is 35.5. The zero-order chi connectivity index (χ0) is 20.0. The molecule has 0 aliphatic heterocycles. The second-order valence-electron chi connectivity index (χ2n) is 5.31. The summed E-state index contributed by atoms with van der Waals surface area (Å²) in [5.74, 6) is 0.336. The van der Waals surface area contributed by atoms with E-state index in [1.54, 1.807) is 6.07 Å². The molecule has 1 amide bonds. The van der Waals surface area contributed by atoms with Crippen molar-refractivity contribution in [3.8, 4) is 11.5 Å². The van der Waals surface area contributed by atoms with Gasteiger partial charge in [-0.25, -0.2) is 13.1 Å². The fourth-order valence-corrected chi connectivity index (χ4v) is 3.43. The Balaban J connectivity index is 2.22. The number of sulfonamides is 1. The number of carbonyl (C=O) groups is 1. The number of halogens is 1. The number of nitrogens with one attached hydrogen (secondary N) is 2. The van der Waals surface area contributed by atoms with Gasteiger partial charge in [-0.3, -0.25) is 4.79 Å². The average molecular weight is 411 g/mol. The van der Waals surface area contributed by atoms with Crippen molar-refractivity contribution in [1.29, 1.82) is 0 Å². The van der Waals surface area contributed by atoms with Crippen LogP contribution in [0.3, 0.4) is 0 Å². The highest BCUT2D eigenvalue weighted by Gasteiger charge is 2.16. The summed E-state index contributed by atoms with van der Waals surface area (Å²) in [5.41, 5.74) is 0.629. The van der Waals surface area contributed by atoms with E-state index in [2.05, 4.69) is 16.6 Å². The fourth-order valence-electron chi connectivity index (χ4n) is 2.19. The van der Waals surface area contributed by atoms with E-state index < -0.39 is 15.9 Å². The van der Waals surface area contributed by atoms with Crippen molar-refractivity contribution >= 4 is 33.2 Å². The van der Waals surface area contributed by atoms with Crippen molar-refractivity contribution in [2.24, 2.45) is 0 Å². The first-order valence-corrected chi connectivity index (χ1v) is 9.62. The smallest absolute Gasteiger partial charge is 0.255 e. The van der Waals surface area contributed by atoms with Gasteiger partial charge in [0.2, 0.25) is 10.0 Å². The average Bonchev–Trinajstić information content (AvgIpc) is 2.66. The minimum atomic E-state index is -3.65. The molecule has 0 aromatic heterocycles. The Bertz CT molecular complexity index is 943. The van der Waals surface area contributed by atoms with Crippen molar-refractivity contribution in [3.63, 3.8) is 0 Å². The van der Waals surface area contributed by atoms with Crippen molar-refractivity contribution in [1.82, 2.24) is 4.72 Å². The van der Waals surface area contributed by atoms with Crippen molar-refractivity contribution in [2.75, 3.05) is 26.1 Å². The molecule has 0 aliphatic rings. The molecule has 0 spiro atoms. The number of carbonyl (C=O) groups excluding carboxylic acids is 1. The normalized spacial score (nSPS) is 10.9. The molecular weight excluding hydrogens is 392 g/mol. The Morgan fingerprint density at radius 3 is 2.33 bits per heavy atom. The van der Waals surface area contributed by atoms with Gasteiger partial charge in [-0.1, -0.05) is 17.7 Å². The first-order valence-electron chi connectivity index (χ1n) is 7.76. The molecule has 0 atom stereocenters. The first-order chi connectivity index (χ1) is 12.8. The van der Waals surface area contributed by atoms with Gasteiger partial charge in [0.05, 0.1) is 29.8 Å². The second kappa shape index (κ2) is 8.90. The maximum atomic E-state index is 12.5. The van der Waals surface area contributed by atoms with Crippen LogP contribution in [0.4, 0.5) is 5.69 Å². The lowest BCUT2D eigenvalue weighted by Gasteiger charge is -2.13. The molecular formula is C18H19ClN2O5S. The van der Waals surface area contributed by atoms with Crippen LogP contribution in [0.1, 0.15) is 10.4 Å². The van der Waals surface area contributed by atoms with E-state index in [1.165, 1.54) is 50.6 Å². The van der Waals surface area contributed by atoms with Crippen molar-refractivity contribution in [2.45, 2.75) is 4.90 Å². The zero-order valence-corrected chi connectivity index (χ0v) is 16.4. The second-order valence-corrected chi connectivity index (χ2v) is 7.48. The summed E-state index contributed by atoms with van der Waals surface area (Å²) in [6.07, 6.45) is 1.44. The van der Waals surface area contributed by atoms with Crippen molar-refractivity contribution in [3.05, 3.63) is 59.6 Å². The molecule has 0 fully saturated rings. The van der Waals surface area contributed by atoms with E-state index in [-0.39, 0.29) is 17.0 Å². The number of rotatable bonds is 8. The quantitative estimate of drug-likeness (QED) is 0.652. The molecule has 9 heteroatoms. The molecule has 2 rings (SSSR count). The van der Waals surface area contributed by atoms with Crippen LogP contribution in [0.2, 0.25) is 5.02 Å². The van der Waals surface area contributed by atoms with Crippen LogP contribution in [0.15, 0.2) is 53.9 Å². The lowest BCUT2D eigenvalue weighted by Crippen LogP contribution is -2.23. The van der Waals surface area contributed by atoms with Gasteiger partial charge in [-0.2, -0.15) is 0 Å². The number of benzene rings is 2. The third kappa shape index (κ3) is 5.00. The van der Waals surface area contributed by atoms with Gasteiger partial charge in [0, 0.05) is 18.2 Å². The molecule has 0 saturated carbocycles. The Hall–Kier alpha value is -2.55. The molecule has 0 bridgehead atoms. The molecule has 2 N–H and O–H groups in total. The summed E-state index contributed by atoms with van der Waals surface area (Å²) in [6, 6.07) is 8.58. The molecule has 0 aliphatic carbocycles. The SMILES string of the molecule is C=CCNS(=O)(=O)c1ccc(C(=O)Nc2cc(Cl)c(OC)cc2OC)cc1. The number of amides is 1. The first kappa shape index (κ1) is 20.8. The Kier molecular flexibility index (Phi) is 6.84. The van der Waals surface area contributed by atoms with Gasteiger partial charge >= 0.3 is 0 Å².